The van der Waals surface area contributed by atoms with Gasteiger partial charge in [0.2, 0.25) is 0 Å². The summed E-state index contributed by atoms with van der Waals surface area (Å²) in [5.74, 6) is 2.72. The first-order valence-electron chi connectivity index (χ1n) is 6.71. The third-order valence-electron chi connectivity index (χ3n) is 3.99. The van der Waals surface area contributed by atoms with Crippen molar-refractivity contribution in [3.8, 4) is 0 Å². The van der Waals surface area contributed by atoms with Crippen LogP contribution in [0.2, 0.25) is 0 Å². The van der Waals surface area contributed by atoms with Gasteiger partial charge in [-0.3, -0.25) is 0 Å². The quantitative estimate of drug-likeness (QED) is 0.699. The first kappa shape index (κ1) is 13.0. The standard InChI is InChI=1S/C16H26S/c1-11(2)13-7-8-14(12(3)4)16-15(13)9-10-17(16,5)6/h7-8,11-12H,9-10H2,1-6H3. The van der Waals surface area contributed by atoms with Crippen LogP contribution in [-0.4, -0.2) is 18.3 Å². The molecule has 1 heterocycles. The number of hydrogen-bond acceptors (Lipinski definition) is 0. The zero-order chi connectivity index (χ0) is 12.8. The van der Waals surface area contributed by atoms with Gasteiger partial charge in [-0.05, 0) is 58.1 Å². The molecule has 1 aromatic carbocycles. The summed E-state index contributed by atoms with van der Waals surface area (Å²) in [4.78, 5) is 1.75. The summed E-state index contributed by atoms with van der Waals surface area (Å²) in [6.45, 7) is 9.31. The summed E-state index contributed by atoms with van der Waals surface area (Å²) in [6.07, 6.45) is 6.30. The van der Waals surface area contributed by atoms with Crippen LogP contribution >= 0.6 is 10.0 Å². The Kier molecular flexibility index (Phi) is 3.33. The Morgan fingerprint density at radius 1 is 0.941 bits per heavy atom. The van der Waals surface area contributed by atoms with Gasteiger partial charge in [0.05, 0.1) is 0 Å². The zero-order valence-corrected chi connectivity index (χ0v) is 12.9. The molecular formula is C16H26S. The molecule has 17 heavy (non-hydrogen) atoms. The van der Waals surface area contributed by atoms with Gasteiger partial charge >= 0.3 is 0 Å². The summed E-state index contributed by atoms with van der Waals surface area (Å²) in [5, 5.41) is 0. The Bertz CT molecular complexity index is 427. The molecular weight excluding hydrogens is 224 g/mol. The summed E-state index contributed by atoms with van der Waals surface area (Å²) in [6, 6.07) is 4.79. The fourth-order valence-corrected chi connectivity index (χ4v) is 5.77. The Morgan fingerprint density at radius 2 is 1.47 bits per heavy atom. The van der Waals surface area contributed by atoms with E-state index in [-0.39, 0.29) is 0 Å². The van der Waals surface area contributed by atoms with Crippen LogP contribution in [0.4, 0.5) is 0 Å². The van der Waals surface area contributed by atoms with E-state index in [0.717, 1.165) is 0 Å². The lowest BCUT2D eigenvalue weighted by molar-refractivity contribution is 0.804. The van der Waals surface area contributed by atoms with Crippen LogP contribution in [-0.2, 0) is 6.42 Å². The number of rotatable bonds is 2. The van der Waals surface area contributed by atoms with Crippen LogP contribution in [0.3, 0.4) is 0 Å². The van der Waals surface area contributed by atoms with Crippen molar-refractivity contribution in [2.45, 2.75) is 50.8 Å². The van der Waals surface area contributed by atoms with E-state index < -0.39 is 10.0 Å². The lowest BCUT2D eigenvalue weighted by atomic mass is 9.91. The predicted molar refractivity (Wildman–Crippen MR) is 80.9 cm³/mol. The molecule has 0 spiro atoms. The molecule has 2 rings (SSSR count). The molecule has 0 fully saturated rings. The van der Waals surface area contributed by atoms with Crippen molar-refractivity contribution < 1.29 is 0 Å². The topological polar surface area (TPSA) is 0 Å². The van der Waals surface area contributed by atoms with Gasteiger partial charge in [-0.25, -0.2) is 10.0 Å². The Balaban J connectivity index is 2.67. The molecule has 0 saturated heterocycles. The van der Waals surface area contributed by atoms with E-state index in [1.165, 1.54) is 12.2 Å². The van der Waals surface area contributed by atoms with Gasteiger partial charge in [0.25, 0.3) is 0 Å². The van der Waals surface area contributed by atoms with Crippen molar-refractivity contribution in [2.75, 3.05) is 18.3 Å². The third kappa shape index (κ3) is 2.14. The number of hydrogen-bond donors (Lipinski definition) is 0. The maximum atomic E-state index is 2.49. The first-order valence-corrected chi connectivity index (χ1v) is 9.33. The van der Waals surface area contributed by atoms with Crippen molar-refractivity contribution in [1.29, 1.82) is 0 Å². The van der Waals surface area contributed by atoms with E-state index in [2.05, 4.69) is 52.3 Å². The second kappa shape index (κ2) is 4.35. The third-order valence-corrected chi connectivity index (χ3v) is 6.80. The van der Waals surface area contributed by atoms with E-state index in [9.17, 15) is 0 Å². The summed E-state index contributed by atoms with van der Waals surface area (Å²) in [5.41, 5.74) is 4.91. The SMILES string of the molecule is CC(C)c1ccc(C(C)C)c2c1CCS2(C)C. The van der Waals surface area contributed by atoms with Crippen LogP contribution in [0.1, 0.15) is 56.2 Å². The molecule has 0 aromatic heterocycles. The minimum Gasteiger partial charge on any atom is -0.220 e. The van der Waals surface area contributed by atoms with Crippen LogP contribution in [0.15, 0.2) is 17.0 Å². The van der Waals surface area contributed by atoms with Gasteiger partial charge in [-0.2, -0.15) is 0 Å². The van der Waals surface area contributed by atoms with Crippen LogP contribution in [0, 0.1) is 0 Å². The molecule has 1 aliphatic heterocycles. The highest BCUT2D eigenvalue weighted by Crippen LogP contribution is 2.59. The summed E-state index contributed by atoms with van der Waals surface area (Å²) >= 11 is 0. The summed E-state index contributed by atoms with van der Waals surface area (Å²) in [7, 11) is -0.537. The molecule has 0 saturated carbocycles. The first-order chi connectivity index (χ1) is 7.84. The van der Waals surface area contributed by atoms with Gasteiger partial charge in [-0.1, -0.05) is 39.8 Å². The maximum absolute atomic E-state index is 2.49. The second-order valence-electron chi connectivity index (χ2n) is 6.35. The Labute approximate surface area is 108 Å². The van der Waals surface area contributed by atoms with E-state index in [1.807, 2.05) is 0 Å². The van der Waals surface area contributed by atoms with E-state index >= 15 is 0 Å². The normalized spacial score (nSPS) is 19.8. The molecule has 0 radical (unpaired) electrons. The van der Waals surface area contributed by atoms with Gasteiger partial charge in [-0.15, -0.1) is 0 Å². The minimum absolute atomic E-state index is 0.537. The van der Waals surface area contributed by atoms with Crippen molar-refractivity contribution in [3.63, 3.8) is 0 Å². The van der Waals surface area contributed by atoms with Crippen molar-refractivity contribution in [1.82, 2.24) is 0 Å². The highest BCUT2D eigenvalue weighted by molar-refractivity contribution is 8.33. The van der Waals surface area contributed by atoms with Crippen molar-refractivity contribution in [2.24, 2.45) is 0 Å². The highest BCUT2D eigenvalue weighted by atomic mass is 32.3. The number of fused-ring (bicyclic) bond motifs is 1. The lowest BCUT2D eigenvalue weighted by Crippen LogP contribution is -2.03. The van der Waals surface area contributed by atoms with Gasteiger partial charge in [0, 0.05) is 0 Å². The van der Waals surface area contributed by atoms with Crippen LogP contribution in [0.25, 0.3) is 0 Å². The lowest BCUT2D eigenvalue weighted by Gasteiger charge is -2.30. The Hall–Kier alpha value is -0.430. The van der Waals surface area contributed by atoms with E-state index in [0.29, 0.717) is 11.8 Å². The summed E-state index contributed by atoms with van der Waals surface area (Å²) < 4.78 is 0. The van der Waals surface area contributed by atoms with Gasteiger partial charge in [0.1, 0.15) is 0 Å². The molecule has 1 heteroatoms. The van der Waals surface area contributed by atoms with Crippen molar-refractivity contribution >= 4 is 10.0 Å². The molecule has 96 valence electrons. The van der Waals surface area contributed by atoms with E-state index in [1.54, 1.807) is 21.6 Å². The zero-order valence-electron chi connectivity index (χ0n) is 12.1. The minimum atomic E-state index is -0.537. The van der Waals surface area contributed by atoms with Gasteiger partial charge < -0.3 is 0 Å². The van der Waals surface area contributed by atoms with Gasteiger partial charge in [0.15, 0.2) is 0 Å². The molecule has 0 unspecified atom stereocenters. The molecule has 0 N–H and O–H groups in total. The molecule has 1 aliphatic rings. The van der Waals surface area contributed by atoms with Crippen LogP contribution in [0.5, 0.6) is 0 Å². The monoisotopic (exact) mass is 250 g/mol. The molecule has 0 bridgehead atoms. The fraction of sp³-hybridized carbons (Fsp3) is 0.625. The molecule has 0 atom stereocenters. The average Bonchev–Trinajstić information content (AvgIpc) is 2.54. The van der Waals surface area contributed by atoms with E-state index in [4.69, 9.17) is 0 Å². The molecule has 0 nitrogen and oxygen atoms in total. The molecule has 0 aliphatic carbocycles. The van der Waals surface area contributed by atoms with Crippen LogP contribution < -0.4 is 0 Å². The number of benzene rings is 1. The fourth-order valence-electron chi connectivity index (χ4n) is 3.03. The van der Waals surface area contributed by atoms with Crippen molar-refractivity contribution in [3.05, 3.63) is 28.8 Å². The highest BCUT2D eigenvalue weighted by Gasteiger charge is 2.31. The largest absolute Gasteiger partial charge is 0.220 e. The smallest absolute Gasteiger partial charge is 0.00336 e. The predicted octanol–water partition coefficient (Wildman–Crippen LogP) is 4.91. The molecule has 1 aromatic rings. The molecule has 0 amide bonds. The Morgan fingerprint density at radius 3 is 2.00 bits per heavy atom. The average molecular weight is 250 g/mol. The second-order valence-corrected chi connectivity index (χ2v) is 10.2. The maximum Gasteiger partial charge on any atom is -0.00336 e.